The van der Waals surface area contributed by atoms with Gasteiger partial charge in [-0.3, -0.25) is 14.9 Å². The average Bonchev–Trinajstić information content (AvgIpc) is 2.51. The lowest BCUT2D eigenvalue weighted by molar-refractivity contribution is -0.145. The van der Waals surface area contributed by atoms with Crippen LogP contribution < -0.4 is 10.6 Å². The first-order valence-electron chi connectivity index (χ1n) is 8.21. The highest BCUT2D eigenvalue weighted by Gasteiger charge is 2.11. The number of aryl methyl sites for hydroxylation is 2. The summed E-state index contributed by atoms with van der Waals surface area (Å²) in [6.07, 6.45) is 0.826. The van der Waals surface area contributed by atoms with Gasteiger partial charge in [0.05, 0.1) is 5.75 Å². The molecule has 0 atom stereocenters. The van der Waals surface area contributed by atoms with E-state index >= 15 is 0 Å². The summed E-state index contributed by atoms with van der Waals surface area (Å²) in [7, 11) is 0. The van der Waals surface area contributed by atoms with Crippen molar-refractivity contribution in [2.75, 3.05) is 18.9 Å². The molecule has 0 unspecified atom stereocenters. The first-order valence-corrected chi connectivity index (χ1v) is 9.20. The van der Waals surface area contributed by atoms with Crippen LogP contribution in [-0.2, 0) is 14.3 Å². The maximum absolute atomic E-state index is 11.7. The van der Waals surface area contributed by atoms with Crippen molar-refractivity contribution in [3.8, 4) is 0 Å². The van der Waals surface area contributed by atoms with Crippen LogP contribution in [0.5, 0.6) is 0 Å². The number of hydrogen-bond donors (Lipinski definition) is 2. The normalized spacial score (nSPS) is 10.4. The minimum absolute atomic E-state index is 0.109. The fourth-order valence-corrected chi connectivity index (χ4v) is 2.77. The molecule has 0 saturated heterocycles. The number of nitrogens with one attached hydrogen (secondary N) is 2. The highest BCUT2D eigenvalue weighted by Crippen LogP contribution is 2.23. The lowest BCUT2D eigenvalue weighted by atomic mass is 10.1. The maximum Gasteiger partial charge on any atom is 0.321 e. The number of carbonyl (C=O) groups excluding carboxylic acids is 3. The smallest absolute Gasteiger partial charge is 0.321 e. The first kappa shape index (κ1) is 21.0. The highest BCUT2D eigenvalue weighted by atomic mass is 32.2. The predicted molar refractivity (Wildman–Crippen MR) is 98.6 cm³/mol. The van der Waals surface area contributed by atoms with E-state index in [0.29, 0.717) is 12.5 Å². The Morgan fingerprint density at radius 3 is 2.56 bits per heavy atom. The van der Waals surface area contributed by atoms with Crippen molar-refractivity contribution in [2.24, 2.45) is 5.92 Å². The van der Waals surface area contributed by atoms with Crippen LogP contribution in [0.4, 0.5) is 4.79 Å². The molecule has 1 rings (SSSR count). The minimum atomic E-state index is -0.646. The Kier molecular flexibility index (Phi) is 9.05. The van der Waals surface area contributed by atoms with Crippen LogP contribution >= 0.6 is 11.8 Å². The Bertz CT molecular complexity index is 617. The third-order valence-corrected chi connectivity index (χ3v) is 4.45. The molecule has 138 valence electrons. The second-order valence-electron chi connectivity index (χ2n) is 6.20. The summed E-state index contributed by atoms with van der Waals surface area (Å²) < 4.78 is 4.88. The zero-order valence-corrected chi connectivity index (χ0v) is 16.0. The van der Waals surface area contributed by atoms with Crippen molar-refractivity contribution in [3.63, 3.8) is 0 Å². The lowest BCUT2D eigenvalue weighted by Gasteiger charge is -2.09. The molecule has 0 aliphatic rings. The molecule has 1 aromatic carbocycles. The number of thioether (sulfide) groups is 1. The number of ether oxygens (including phenoxy) is 1. The van der Waals surface area contributed by atoms with Crippen LogP contribution in [0.15, 0.2) is 23.1 Å². The number of carbonyl (C=O) groups is 3. The molecular formula is C18H26N2O4S. The van der Waals surface area contributed by atoms with Gasteiger partial charge in [-0.2, -0.15) is 0 Å². The second-order valence-corrected chi connectivity index (χ2v) is 7.22. The van der Waals surface area contributed by atoms with Crippen LogP contribution in [0.3, 0.4) is 0 Å². The molecule has 0 bridgehead atoms. The van der Waals surface area contributed by atoms with Crippen LogP contribution in [0.25, 0.3) is 0 Å². The first-order chi connectivity index (χ1) is 11.8. The third-order valence-electron chi connectivity index (χ3n) is 3.30. The summed E-state index contributed by atoms with van der Waals surface area (Å²) in [6.45, 7) is 8.09. The van der Waals surface area contributed by atoms with Gasteiger partial charge < -0.3 is 10.1 Å². The molecule has 25 heavy (non-hydrogen) atoms. The fraction of sp³-hybridized carbons (Fsp3) is 0.500. The summed E-state index contributed by atoms with van der Waals surface area (Å²) in [5.41, 5.74) is 2.25. The van der Waals surface area contributed by atoms with E-state index in [4.69, 9.17) is 4.74 Å². The summed E-state index contributed by atoms with van der Waals surface area (Å²) in [6, 6.07) is 5.40. The van der Waals surface area contributed by atoms with Crippen LogP contribution in [0, 0.1) is 19.8 Å². The Morgan fingerprint density at radius 2 is 1.92 bits per heavy atom. The molecule has 1 aromatic rings. The Balaban J connectivity index is 2.24. The predicted octanol–water partition coefficient (Wildman–Crippen LogP) is 2.81. The molecule has 0 fully saturated rings. The molecule has 0 spiro atoms. The molecule has 0 aromatic heterocycles. The van der Waals surface area contributed by atoms with E-state index in [1.54, 1.807) is 0 Å². The van der Waals surface area contributed by atoms with Crippen LogP contribution in [0.1, 0.15) is 31.4 Å². The Hall–Kier alpha value is -2.02. The molecule has 3 amide bonds. The number of benzene rings is 1. The van der Waals surface area contributed by atoms with Gasteiger partial charge in [-0.1, -0.05) is 31.5 Å². The Morgan fingerprint density at radius 1 is 1.20 bits per heavy atom. The average molecular weight is 366 g/mol. The summed E-state index contributed by atoms with van der Waals surface area (Å²) in [5.74, 6) is -0.573. The molecule has 0 aliphatic heterocycles. The van der Waals surface area contributed by atoms with Gasteiger partial charge in [0, 0.05) is 11.4 Å². The number of amides is 3. The van der Waals surface area contributed by atoms with E-state index in [2.05, 4.69) is 10.6 Å². The largest absolute Gasteiger partial charge is 0.455 e. The van der Waals surface area contributed by atoms with Gasteiger partial charge in [0.1, 0.15) is 0 Å². The minimum Gasteiger partial charge on any atom is -0.455 e. The van der Waals surface area contributed by atoms with Gasteiger partial charge in [0.15, 0.2) is 6.61 Å². The highest BCUT2D eigenvalue weighted by molar-refractivity contribution is 8.00. The fourth-order valence-electron chi connectivity index (χ4n) is 1.97. The van der Waals surface area contributed by atoms with Crippen molar-refractivity contribution >= 4 is 29.7 Å². The maximum atomic E-state index is 11.7. The van der Waals surface area contributed by atoms with Gasteiger partial charge >= 0.3 is 12.0 Å². The van der Waals surface area contributed by atoms with E-state index in [1.807, 2.05) is 45.9 Å². The van der Waals surface area contributed by atoms with Crippen LogP contribution in [-0.4, -0.2) is 36.8 Å². The third kappa shape index (κ3) is 9.14. The van der Waals surface area contributed by atoms with E-state index in [-0.39, 0.29) is 5.75 Å². The van der Waals surface area contributed by atoms with E-state index in [9.17, 15) is 14.4 Å². The lowest BCUT2D eigenvalue weighted by Crippen LogP contribution is -2.42. The van der Waals surface area contributed by atoms with Gasteiger partial charge in [-0.25, -0.2) is 4.79 Å². The van der Waals surface area contributed by atoms with E-state index < -0.39 is 24.5 Å². The number of esters is 1. The Labute approximate surface area is 153 Å². The molecule has 0 heterocycles. The van der Waals surface area contributed by atoms with Crippen molar-refractivity contribution in [1.29, 1.82) is 0 Å². The zero-order valence-electron chi connectivity index (χ0n) is 15.2. The van der Waals surface area contributed by atoms with Crippen molar-refractivity contribution in [2.45, 2.75) is 39.0 Å². The van der Waals surface area contributed by atoms with Crippen molar-refractivity contribution < 1.29 is 19.1 Å². The molecule has 6 nitrogen and oxygen atoms in total. The molecule has 7 heteroatoms. The van der Waals surface area contributed by atoms with Gasteiger partial charge in [0.2, 0.25) is 0 Å². The topological polar surface area (TPSA) is 84.5 Å². The quantitative estimate of drug-likeness (QED) is 0.546. The van der Waals surface area contributed by atoms with Crippen molar-refractivity contribution in [3.05, 3.63) is 29.3 Å². The molecular weight excluding hydrogens is 340 g/mol. The summed E-state index contributed by atoms with van der Waals surface area (Å²) >= 11 is 1.36. The SMILES string of the molecule is Cc1ccc(SCC(=O)OCC(=O)NC(=O)NCCC(C)C)c(C)c1. The van der Waals surface area contributed by atoms with Gasteiger partial charge in [0.25, 0.3) is 5.91 Å². The molecule has 0 radical (unpaired) electrons. The molecule has 0 saturated carbocycles. The van der Waals surface area contributed by atoms with Crippen molar-refractivity contribution in [1.82, 2.24) is 10.6 Å². The number of rotatable bonds is 8. The standard InChI is InChI=1S/C18H26N2O4S/c1-12(2)7-8-19-18(23)20-16(21)10-24-17(22)11-25-15-6-5-13(3)9-14(15)4/h5-6,9,12H,7-8,10-11H2,1-4H3,(H2,19,20,21,23). The zero-order chi connectivity index (χ0) is 18.8. The number of hydrogen-bond acceptors (Lipinski definition) is 5. The summed E-state index contributed by atoms with van der Waals surface area (Å²) in [4.78, 5) is 35.7. The number of urea groups is 1. The monoisotopic (exact) mass is 366 g/mol. The summed E-state index contributed by atoms with van der Waals surface area (Å²) in [5, 5.41) is 4.70. The van der Waals surface area contributed by atoms with E-state index in [1.165, 1.54) is 11.8 Å². The van der Waals surface area contributed by atoms with E-state index in [0.717, 1.165) is 22.4 Å². The number of imide groups is 1. The molecule has 0 aliphatic carbocycles. The van der Waals surface area contributed by atoms with Gasteiger partial charge in [-0.05, 0) is 37.8 Å². The second kappa shape index (κ2) is 10.8. The molecule has 2 N–H and O–H groups in total. The van der Waals surface area contributed by atoms with Gasteiger partial charge in [-0.15, -0.1) is 11.8 Å². The van der Waals surface area contributed by atoms with Crippen LogP contribution in [0.2, 0.25) is 0 Å².